The van der Waals surface area contributed by atoms with Crippen molar-refractivity contribution in [2.75, 3.05) is 6.54 Å². The normalized spacial score (nSPS) is 33.2. The summed E-state index contributed by atoms with van der Waals surface area (Å²) in [5.41, 5.74) is -1.70. The van der Waals surface area contributed by atoms with Crippen LogP contribution in [-0.4, -0.2) is 45.6 Å². The molecule has 9 heteroatoms. The summed E-state index contributed by atoms with van der Waals surface area (Å²) in [4.78, 5) is 52.4. The second-order valence-corrected chi connectivity index (χ2v) is 12.5. The summed E-state index contributed by atoms with van der Waals surface area (Å²) in [6, 6.07) is 0. The van der Waals surface area contributed by atoms with Crippen LogP contribution < -0.4 is 15.4 Å². The van der Waals surface area contributed by atoms with Crippen LogP contribution in [0, 0.1) is 24.7 Å². The number of ketones is 3. The second kappa shape index (κ2) is 8.44. The van der Waals surface area contributed by atoms with Crippen LogP contribution in [0.5, 0.6) is 17.2 Å². The number of hydrogen-bond donors (Lipinski definition) is 4. The largest absolute Gasteiger partial charge is 0.507 e. The fraction of sp³-hybridized carbons (Fsp3) is 0.533. The zero-order valence-electron chi connectivity index (χ0n) is 22.7. The molecule has 6 aliphatic rings. The van der Waals surface area contributed by atoms with Crippen LogP contribution >= 0.6 is 0 Å². The lowest BCUT2D eigenvalue weighted by Crippen LogP contribution is -2.60. The molecule has 0 spiro atoms. The Kier molecular flexibility index (Phi) is 5.55. The number of nitrogens with one attached hydrogen (secondary N) is 2. The van der Waals surface area contributed by atoms with Gasteiger partial charge in [0.05, 0.1) is 17.7 Å². The highest BCUT2D eigenvalue weighted by molar-refractivity contribution is 6.31. The lowest BCUT2D eigenvalue weighted by Gasteiger charge is -2.56. The summed E-state index contributed by atoms with van der Waals surface area (Å²) < 4.78 is 5.80. The Labute approximate surface area is 226 Å². The zero-order valence-corrected chi connectivity index (χ0v) is 22.7. The van der Waals surface area contributed by atoms with E-state index in [4.69, 9.17) is 4.74 Å². The first-order valence-electron chi connectivity index (χ1n) is 13.7. The van der Waals surface area contributed by atoms with Crippen molar-refractivity contribution in [3.05, 3.63) is 39.8 Å². The second-order valence-electron chi connectivity index (χ2n) is 12.5. The van der Waals surface area contributed by atoms with Crippen LogP contribution in [0.3, 0.4) is 0 Å². The molecule has 4 bridgehead atoms. The van der Waals surface area contributed by atoms with Gasteiger partial charge in [-0.15, -0.1) is 0 Å². The Morgan fingerprint density at radius 1 is 1.03 bits per heavy atom. The molecule has 206 valence electrons. The van der Waals surface area contributed by atoms with E-state index in [1.165, 1.54) is 46.1 Å². The summed E-state index contributed by atoms with van der Waals surface area (Å²) in [5, 5.41) is 27.7. The van der Waals surface area contributed by atoms with Gasteiger partial charge in [-0.3, -0.25) is 19.2 Å². The number of amides is 1. The summed E-state index contributed by atoms with van der Waals surface area (Å²) in [7, 11) is 0. The van der Waals surface area contributed by atoms with E-state index in [0.29, 0.717) is 17.8 Å². The molecule has 0 radical (unpaired) electrons. The van der Waals surface area contributed by atoms with E-state index in [1.807, 2.05) is 0 Å². The van der Waals surface area contributed by atoms with Gasteiger partial charge < -0.3 is 25.6 Å². The highest BCUT2D eigenvalue weighted by atomic mass is 16.5. The van der Waals surface area contributed by atoms with E-state index >= 15 is 0 Å². The Morgan fingerprint density at radius 3 is 2.18 bits per heavy atom. The molecule has 4 fully saturated rings. The molecule has 1 unspecified atom stereocenters. The average Bonchev–Trinajstić information content (AvgIpc) is 3.13. The van der Waals surface area contributed by atoms with Crippen molar-refractivity contribution >= 4 is 23.3 Å². The smallest absolute Gasteiger partial charge is 0.239 e. The number of carbonyl (C=O) groups is 4. The van der Waals surface area contributed by atoms with Gasteiger partial charge in [0.1, 0.15) is 34.0 Å². The number of rotatable bonds is 5. The number of ether oxygens (including phenoxy) is 1. The third kappa shape index (κ3) is 3.65. The van der Waals surface area contributed by atoms with Crippen LogP contribution in [0.1, 0.15) is 80.8 Å². The molecule has 1 aromatic rings. The minimum atomic E-state index is -1.59. The lowest BCUT2D eigenvalue weighted by atomic mass is 9.53. The number of Topliss-reactive ketones (excluding diaryl/α,β-unsaturated/α-hetero) is 2. The molecule has 39 heavy (non-hydrogen) atoms. The Hall–Kier alpha value is -3.62. The fourth-order valence-corrected chi connectivity index (χ4v) is 8.27. The quantitative estimate of drug-likeness (QED) is 0.256. The van der Waals surface area contributed by atoms with Gasteiger partial charge in [0.15, 0.2) is 17.3 Å². The number of aromatic hydroxyl groups is 2. The molecule has 1 amide bonds. The molecule has 9 nitrogen and oxygen atoms in total. The van der Waals surface area contributed by atoms with Crippen molar-refractivity contribution in [2.24, 2.45) is 17.8 Å². The minimum absolute atomic E-state index is 0.0218. The molecule has 0 saturated heterocycles. The van der Waals surface area contributed by atoms with E-state index in [1.54, 1.807) is 6.92 Å². The number of benzene rings is 1. The van der Waals surface area contributed by atoms with Gasteiger partial charge in [-0.2, -0.15) is 0 Å². The number of hydrogen-bond acceptors (Lipinski definition) is 8. The van der Waals surface area contributed by atoms with Gasteiger partial charge in [-0.25, -0.2) is 0 Å². The number of allylic oxidation sites excluding steroid dienone is 4. The molecular weight excluding hydrogens is 500 g/mol. The first-order chi connectivity index (χ1) is 18.3. The summed E-state index contributed by atoms with van der Waals surface area (Å²) in [6.45, 7) is 5.70. The number of carbonyl (C=O) groups excluding carboxylic acids is 4. The molecule has 1 aromatic carbocycles. The SMILES string of the molecule is CC(=O)c1c(O)c(C)c(O)c2c1OC1=CC(=O)C(=C(C)NCC(=O)NC34CC5CC(CC(C5)C3)C4)C(=O)C12C. The average molecular weight is 535 g/mol. The predicted octanol–water partition coefficient (Wildman–Crippen LogP) is 3.24. The van der Waals surface area contributed by atoms with Gasteiger partial charge in [0.25, 0.3) is 0 Å². The third-order valence-corrected chi connectivity index (χ3v) is 9.72. The van der Waals surface area contributed by atoms with Gasteiger partial charge in [-0.1, -0.05) is 0 Å². The Bertz CT molecular complexity index is 1400. The lowest BCUT2D eigenvalue weighted by molar-refractivity contribution is -0.126. The molecule has 1 aliphatic heterocycles. The van der Waals surface area contributed by atoms with Crippen molar-refractivity contribution in [3.8, 4) is 17.2 Å². The summed E-state index contributed by atoms with van der Waals surface area (Å²) in [5.74, 6) is -0.779. The predicted molar refractivity (Wildman–Crippen MR) is 140 cm³/mol. The van der Waals surface area contributed by atoms with E-state index in [0.717, 1.165) is 19.3 Å². The van der Waals surface area contributed by atoms with Crippen molar-refractivity contribution in [1.29, 1.82) is 0 Å². The van der Waals surface area contributed by atoms with Crippen LogP contribution in [0.4, 0.5) is 0 Å². The fourth-order valence-electron chi connectivity index (χ4n) is 8.27. The molecular formula is C30H34N2O7. The van der Waals surface area contributed by atoms with E-state index in [-0.39, 0.29) is 63.2 Å². The molecule has 4 saturated carbocycles. The van der Waals surface area contributed by atoms with Crippen molar-refractivity contribution < 1.29 is 34.1 Å². The van der Waals surface area contributed by atoms with E-state index in [2.05, 4.69) is 10.6 Å². The maximum absolute atomic E-state index is 13.9. The molecule has 5 aliphatic carbocycles. The topological polar surface area (TPSA) is 142 Å². The highest BCUT2D eigenvalue weighted by Crippen LogP contribution is 2.58. The number of phenolic OH excluding ortho intramolecular Hbond substituents is 2. The first kappa shape index (κ1) is 25.6. The van der Waals surface area contributed by atoms with Gasteiger partial charge >= 0.3 is 0 Å². The van der Waals surface area contributed by atoms with Crippen LogP contribution in [0.25, 0.3) is 0 Å². The van der Waals surface area contributed by atoms with Crippen LogP contribution in [0.2, 0.25) is 0 Å². The van der Waals surface area contributed by atoms with Crippen LogP contribution in [-0.2, 0) is 19.8 Å². The molecule has 0 aromatic heterocycles. The first-order valence-corrected chi connectivity index (χ1v) is 13.7. The monoisotopic (exact) mass is 534 g/mol. The standard InChI is InChI=1S/C30H34N2O7/c1-13-25(36)23(15(3)33)27-24(26(13)37)29(4)20(39-27)8-19(34)22(28(29)38)14(2)31-12-21(35)32-30-9-16-5-17(10-30)7-18(6-16)11-30/h8,16-18,31,36-37H,5-7,9-12H2,1-4H3,(H,32,35). The van der Waals surface area contributed by atoms with Crippen LogP contribution in [0.15, 0.2) is 23.1 Å². The maximum atomic E-state index is 13.9. The van der Waals surface area contributed by atoms with Gasteiger partial charge in [0, 0.05) is 22.9 Å². The Morgan fingerprint density at radius 2 is 1.62 bits per heavy atom. The van der Waals surface area contributed by atoms with Gasteiger partial charge in [-0.05, 0) is 84.0 Å². The van der Waals surface area contributed by atoms with Gasteiger partial charge in [0.2, 0.25) is 5.91 Å². The molecule has 4 N–H and O–H groups in total. The third-order valence-electron chi connectivity index (χ3n) is 9.72. The number of phenols is 2. The summed E-state index contributed by atoms with van der Waals surface area (Å²) >= 11 is 0. The maximum Gasteiger partial charge on any atom is 0.239 e. The van der Waals surface area contributed by atoms with Crippen molar-refractivity contribution in [3.63, 3.8) is 0 Å². The minimum Gasteiger partial charge on any atom is -0.507 e. The summed E-state index contributed by atoms with van der Waals surface area (Å²) in [6.07, 6.45) is 8.05. The zero-order chi connectivity index (χ0) is 28.0. The van der Waals surface area contributed by atoms with E-state index in [9.17, 15) is 29.4 Å². The van der Waals surface area contributed by atoms with Crippen molar-refractivity contribution in [2.45, 2.75) is 77.2 Å². The Balaban J connectivity index is 1.27. The molecule has 7 rings (SSSR count). The molecule has 1 atom stereocenters. The number of fused-ring (bicyclic) bond motifs is 3. The highest BCUT2D eigenvalue weighted by Gasteiger charge is 2.56. The molecule has 1 heterocycles. The van der Waals surface area contributed by atoms with Crippen molar-refractivity contribution in [1.82, 2.24) is 10.6 Å². The van der Waals surface area contributed by atoms with E-state index < -0.39 is 28.5 Å².